The van der Waals surface area contributed by atoms with Crippen molar-refractivity contribution in [2.45, 2.75) is 25.3 Å². The molecule has 0 spiro atoms. The van der Waals surface area contributed by atoms with Gasteiger partial charge in [0.25, 0.3) is 5.91 Å². The lowest BCUT2D eigenvalue weighted by Crippen LogP contribution is -2.46. The van der Waals surface area contributed by atoms with Crippen LogP contribution in [0.2, 0.25) is 0 Å². The third-order valence-corrected chi connectivity index (χ3v) is 5.53. The maximum Gasteiger partial charge on any atom is 0.263 e. The number of carbonyl (C=O) groups excluding carboxylic acids is 2. The summed E-state index contributed by atoms with van der Waals surface area (Å²) in [6.45, 7) is 1.42. The summed E-state index contributed by atoms with van der Waals surface area (Å²) < 4.78 is 0. The Labute approximate surface area is 137 Å². The van der Waals surface area contributed by atoms with Gasteiger partial charge in [-0.25, -0.2) is 0 Å². The second-order valence-corrected chi connectivity index (χ2v) is 7.35. The summed E-state index contributed by atoms with van der Waals surface area (Å²) in [5.41, 5.74) is 0. The van der Waals surface area contributed by atoms with Crippen molar-refractivity contribution in [1.29, 1.82) is 0 Å². The number of nitrogens with one attached hydrogen (secondary N) is 1. The first-order valence-electron chi connectivity index (χ1n) is 7.37. The van der Waals surface area contributed by atoms with Gasteiger partial charge in [0.1, 0.15) is 0 Å². The van der Waals surface area contributed by atoms with Crippen molar-refractivity contribution >= 4 is 34.5 Å². The molecule has 1 aliphatic rings. The predicted octanol–water partition coefficient (Wildman–Crippen LogP) is 2.77. The summed E-state index contributed by atoms with van der Waals surface area (Å²) in [4.78, 5) is 28.0. The van der Waals surface area contributed by atoms with Crippen molar-refractivity contribution in [1.82, 2.24) is 10.2 Å². The van der Waals surface area contributed by atoms with Crippen molar-refractivity contribution < 1.29 is 9.59 Å². The van der Waals surface area contributed by atoms with E-state index >= 15 is 0 Å². The molecular weight excluding hydrogens is 316 g/mol. The van der Waals surface area contributed by atoms with Crippen molar-refractivity contribution in [2.75, 3.05) is 13.1 Å². The lowest BCUT2D eigenvalue weighted by molar-refractivity contribution is -0.121. The fourth-order valence-corrected chi connectivity index (χ4v) is 4.03. The highest BCUT2D eigenvalue weighted by Gasteiger charge is 2.24. The minimum Gasteiger partial charge on any atom is -0.353 e. The van der Waals surface area contributed by atoms with Crippen LogP contribution in [0, 0.1) is 0 Å². The highest BCUT2D eigenvalue weighted by Crippen LogP contribution is 2.17. The van der Waals surface area contributed by atoms with E-state index in [2.05, 4.69) is 5.32 Å². The Balaban J connectivity index is 1.45. The van der Waals surface area contributed by atoms with E-state index in [1.54, 1.807) is 11.3 Å². The maximum atomic E-state index is 12.3. The Morgan fingerprint density at radius 1 is 1.14 bits per heavy atom. The normalized spacial score (nSPS) is 15.7. The molecule has 2 aromatic rings. The molecule has 0 saturated carbocycles. The Bertz CT molecular complexity index is 615. The van der Waals surface area contributed by atoms with Gasteiger partial charge in [-0.2, -0.15) is 0 Å². The summed E-state index contributed by atoms with van der Waals surface area (Å²) in [7, 11) is 0. The fourth-order valence-electron chi connectivity index (χ4n) is 2.63. The largest absolute Gasteiger partial charge is 0.353 e. The van der Waals surface area contributed by atoms with Gasteiger partial charge in [-0.15, -0.1) is 22.7 Å². The van der Waals surface area contributed by atoms with E-state index < -0.39 is 0 Å². The van der Waals surface area contributed by atoms with Gasteiger partial charge in [0.15, 0.2) is 0 Å². The van der Waals surface area contributed by atoms with Crippen LogP contribution >= 0.6 is 22.7 Å². The summed E-state index contributed by atoms with van der Waals surface area (Å²) in [5.74, 6) is 0.184. The van der Waals surface area contributed by atoms with Crippen molar-refractivity contribution in [3.05, 3.63) is 44.8 Å². The van der Waals surface area contributed by atoms with E-state index in [0.717, 1.165) is 22.6 Å². The van der Waals surface area contributed by atoms with E-state index in [1.165, 1.54) is 11.3 Å². The Hall–Kier alpha value is -1.66. The van der Waals surface area contributed by atoms with Crippen LogP contribution in [0.3, 0.4) is 0 Å². The summed E-state index contributed by atoms with van der Waals surface area (Å²) in [6.07, 6.45) is 2.10. The zero-order valence-corrected chi connectivity index (χ0v) is 13.8. The number of thiophene rings is 2. The van der Waals surface area contributed by atoms with E-state index in [9.17, 15) is 9.59 Å². The van der Waals surface area contributed by atoms with Gasteiger partial charge < -0.3 is 10.2 Å². The molecule has 22 heavy (non-hydrogen) atoms. The standard InChI is InChI=1S/C16H18N2O2S2/c19-15(11-13-3-1-9-21-13)17-12-5-7-18(8-6-12)16(20)14-4-2-10-22-14/h1-4,9-10,12H,5-8,11H2,(H,17,19). The molecule has 2 amide bonds. The average Bonchev–Trinajstić information content (AvgIpc) is 3.20. The van der Waals surface area contributed by atoms with Crippen LogP contribution in [0.1, 0.15) is 27.4 Å². The van der Waals surface area contributed by atoms with Gasteiger partial charge >= 0.3 is 0 Å². The molecule has 3 rings (SSSR count). The molecule has 2 aromatic heterocycles. The van der Waals surface area contributed by atoms with Crippen LogP contribution in [0.5, 0.6) is 0 Å². The first-order valence-corrected chi connectivity index (χ1v) is 9.13. The molecule has 4 nitrogen and oxygen atoms in total. The summed E-state index contributed by atoms with van der Waals surface area (Å²) in [5, 5.41) is 6.99. The van der Waals surface area contributed by atoms with Gasteiger partial charge in [-0.1, -0.05) is 12.1 Å². The minimum atomic E-state index is 0.0745. The Kier molecular flexibility index (Phi) is 4.90. The van der Waals surface area contributed by atoms with Crippen LogP contribution in [0.25, 0.3) is 0 Å². The summed E-state index contributed by atoms with van der Waals surface area (Å²) in [6, 6.07) is 7.88. The van der Waals surface area contributed by atoms with Crippen molar-refractivity contribution in [2.24, 2.45) is 0 Å². The van der Waals surface area contributed by atoms with E-state index in [0.29, 0.717) is 19.5 Å². The molecular formula is C16H18N2O2S2. The smallest absolute Gasteiger partial charge is 0.263 e. The third kappa shape index (κ3) is 3.75. The lowest BCUT2D eigenvalue weighted by atomic mass is 10.0. The number of nitrogens with zero attached hydrogens (tertiary/aromatic N) is 1. The molecule has 0 radical (unpaired) electrons. The first-order chi connectivity index (χ1) is 10.7. The Morgan fingerprint density at radius 2 is 1.86 bits per heavy atom. The second kappa shape index (κ2) is 7.07. The molecule has 6 heteroatoms. The molecule has 0 bridgehead atoms. The first kappa shape index (κ1) is 15.2. The van der Waals surface area contributed by atoms with E-state index in [1.807, 2.05) is 39.9 Å². The van der Waals surface area contributed by atoms with Crippen LogP contribution in [-0.4, -0.2) is 35.8 Å². The van der Waals surface area contributed by atoms with Crippen LogP contribution in [-0.2, 0) is 11.2 Å². The lowest BCUT2D eigenvalue weighted by Gasteiger charge is -2.32. The number of carbonyl (C=O) groups is 2. The summed E-state index contributed by atoms with van der Waals surface area (Å²) >= 11 is 3.08. The molecule has 0 aliphatic carbocycles. The van der Waals surface area contributed by atoms with Crippen LogP contribution in [0.15, 0.2) is 35.0 Å². The SMILES string of the molecule is O=C(Cc1cccs1)NC1CCN(C(=O)c2cccs2)CC1. The fraction of sp³-hybridized carbons (Fsp3) is 0.375. The Morgan fingerprint density at radius 3 is 2.50 bits per heavy atom. The molecule has 116 valence electrons. The maximum absolute atomic E-state index is 12.3. The molecule has 0 atom stereocenters. The van der Waals surface area contributed by atoms with E-state index in [4.69, 9.17) is 0 Å². The number of rotatable bonds is 4. The van der Waals surface area contributed by atoms with Crippen LogP contribution < -0.4 is 5.32 Å². The number of hydrogen-bond donors (Lipinski definition) is 1. The molecule has 3 heterocycles. The molecule has 1 saturated heterocycles. The highest BCUT2D eigenvalue weighted by atomic mass is 32.1. The van der Waals surface area contributed by atoms with Gasteiger partial charge in [0.2, 0.25) is 5.91 Å². The minimum absolute atomic E-state index is 0.0745. The molecule has 0 unspecified atom stereocenters. The number of likely N-dealkylation sites (tertiary alicyclic amines) is 1. The van der Waals surface area contributed by atoms with Crippen LogP contribution in [0.4, 0.5) is 0 Å². The highest BCUT2D eigenvalue weighted by molar-refractivity contribution is 7.12. The van der Waals surface area contributed by atoms with Gasteiger partial charge in [-0.05, 0) is 35.7 Å². The second-order valence-electron chi connectivity index (χ2n) is 5.37. The van der Waals surface area contributed by atoms with Gasteiger partial charge in [-0.3, -0.25) is 9.59 Å². The zero-order valence-electron chi connectivity index (χ0n) is 12.2. The number of hydrogen-bond acceptors (Lipinski definition) is 4. The number of piperidine rings is 1. The van der Waals surface area contributed by atoms with Gasteiger partial charge in [0.05, 0.1) is 11.3 Å². The zero-order chi connectivity index (χ0) is 15.4. The topological polar surface area (TPSA) is 49.4 Å². The predicted molar refractivity (Wildman–Crippen MR) is 89.4 cm³/mol. The molecule has 1 N–H and O–H groups in total. The molecule has 0 aromatic carbocycles. The number of amides is 2. The van der Waals surface area contributed by atoms with Gasteiger partial charge in [0, 0.05) is 24.0 Å². The van der Waals surface area contributed by atoms with Crippen molar-refractivity contribution in [3.8, 4) is 0 Å². The monoisotopic (exact) mass is 334 g/mol. The third-order valence-electron chi connectivity index (χ3n) is 3.79. The molecule has 1 aliphatic heterocycles. The van der Waals surface area contributed by atoms with E-state index in [-0.39, 0.29) is 17.9 Å². The van der Waals surface area contributed by atoms with Crippen molar-refractivity contribution in [3.63, 3.8) is 0 Å². The average molecular weight is 334 g/mol. The quantitative estimate of drug-likeness (QED) is 0.935. The molecule has 1 fully saturated rings.